The number of aromatic nitrogens is 2. The Labute approximate surface area is 95.2 Å². The fourth-order valence-electron chi connectivity index (χ4n) is 1.96. The highest BCUT2D eigenvalue weighted by Gasteiger charge is 2.23. The fourth-order valence-corrected chi connectivity index (χ4v) is 1.96. The summed E-state index contributed by atoms with van der Waals surface area (Å²) in [4.78, 5) is 15.9. The van der Waals surface area contributed by atoms with Crippen molar-refractivity contribution in [3.8, 4) is 0 Å². The van der Waals surface area contributed by atoms with Crippen molar-refractivity contribution in [2.45, 2.75) is 19.4 Å². The summed E-state index contributed by atoms with van der Waals surface area (Å²) in [7, 11) is 1.86. The average Bonchev–Trinajstić information content (AvgIpc) is 2.68. The second-order valence-corrected chi connectivity index (χ2v) is 4.47. The second kappa shape index (κ2) is 4.65. The third-order valence-corrected chi connectivity index (χ3v) is 3.08. The molecule has 1 fully saturated rings. The van der Waals surface area contributed by atoms with E-state index in [9.17, 15) is 4.79 Å². The minimum absolute atomic E-state index is 0.0823. The molecule has 1 aliphatic rings. The summed E-state index contributed by atoms with van der Waals surface area (Å²) in [6, 6.07) is 0.211. The molecule has 1 aromatic rings. The maximum absolute atomic E-state index is 11.9. The number of hydrogen-bond acceptors (Lipinski definition) is 3. The third-order valence-electron chi connectivity index (χ3n) is 3.08. The Morgan fingerprint density at radius 3 is 3.12 bits per heavy atom. The van der Waals surface area contributed by atoms with Gasteiger partial charge < -0.3 is 15.2 Å². The van der Waals surface area contributed by atoms with Crippen molar-refractivity contribution in [3.63, 3.8) is 0 Å². The molecule has 2 atom stereocenters. The van der Waals surface area contributed by atoms with E-state index in [2.05, 4.69) is 22.5 Å². The molecule has 16 heavy (non-hydrogen) atoms. The molecule has 2 rings (SSSR count). The van der Waals surface area contributed by atoms with Gasteiger partial charge in [-0.1, -0.05) is 6.92 Å². The molecule has 5 nitrogen and oxygen atoms in total. The molecule has 0 aliphatic carbocycles. The molecule has 2 unspecified atom stereocenters. The molecule has 88 valence electrons. The molecule has 0 saturated carbocycles. The second-order valence-electron chi connectivity index (χ2n) is 4.47. The molecule has 5 heteroatoms. The zero-order valence-corrected chi connectivity index (χ0v) is 9.73. The number of rotatable bonds is 2. The molecule has 0 radical (unpaired) electrons. The Morgan fingerprint density at radius 1 is 1.69 bits per heavy atom. The first-order valence-corrected chi connectivity index (χ1v) is 5.66. The van der Waals surface area contributed by atoms with Crippen LogP contribution in [0.3, 0.4) is 0 Å². The van der Waals surface area contributed by atoms with E-state index in [0.717, 1.165) is 19.5 Å². The van der Waals surface area contributed by atoms with Crippen LogP contribution in [0.5, 0.6) is 0 Å². The molecule has 2 heterocycles. The van der Waals surface area contributed by atoms with E-state index in [1.54, 1.807) is 17.1 Å². The van der Waals surface area contributed by atoms with Gasteiger partial charge in [-0.3, -0.25) is 4.79 Å². The van der Waals surface area contributed by atoms with Crippen molar-refractivity contribution in [1.82, 2.24) is 20.2 Å². The molecule has 0 aromatic carbocycles. The van der Waals surface area contributed by atoms with Crippen molar-refractivity contribution in [2.24, 2.45) is 13.0 Å². The number of aryl methyl sites for hydroxylation is 1. The summed E-state index contributed by atoms with van der Waals surface area (Å²) < 4.78 is 1.78. The van der Waals surface area contributed by atoms with E-state index in [-0.39, 0.29) is 11.9 Å². The molecule has 1 saturated heterocycles. The lowest BCUT2D eigenvalue weighted by atomic mass is 9.95. The van der Waals surface area contributed by atoms with Crippen LogP contribution in [-0.4, -0.2) is 34.6 Å². The molecule has 1 amide bonds. The predicted octanol–water partition coefficient (Wildman–Crippen LogP) is 0.148. The van der Waals surface area contributed by atoms with E-state index in [1.807, 2.05) is 7.05 Å². The van der Waals surface area contributed by atoms with Gasteiger partial charge in [-0.25, -0.2) is 4.98 Å². The SMILES string of the molecule is CC1CCNCC1NC(=O)c1cn(C)cn1. The van der Waals surface area contributed by atoms with Crippen LogP contribution in [0.4, 0.5) is 0 Å². The first kappa shape index (κ1) is 11.1. The Hall–Kier alpha value is -1.36. The summed E-state index contributed by atoms with van der Waals surface area (Å²) in [6.45, 7) is 4.06. The van der Waals surface area contributed by atoms with Crippen molar-refractivity contribution in [3.05, 3.63) is 18.2 Å². The number of hydrogen-bond donors (Lipinski definition) is 2. The molecule has 0 spiro atoms. The molecule has 0 bridgehead atoms. The number of nitrogens with zero attached hydrogens (tertiary/aromatic N) is 2. The van der Waals surface area contributed by atoms with Crippen molar-refractivity contribution < 1.29 is 4.79 Å². The van der Waals surface area contributed by atoms with Crippen molar-refractivity contribution in [1.29, 1.82) is 0 Å². The number of piperidine rings is 1. The Balaban J connectivity index is 1.96. The molecular formula is C11H18N4O. The van der Waals surface area contributed by atoms with Crippen LogP contribution in [0.15, 0.2) is 12.5 Å². The highest BCUT2D eigenvalue weighted by molar-refractivity contribution is 5.92. The zero-order chi connectivity index (χ0) is 11.5. The lowest BCUT2D eigenvalue weighted by molar-refractivity contribution is 0.0910. The van der Waals surface area contributed by atoms with E-state index < -0.39 is 0 Å². The van der Waals surface area contributed by atoms with E-state index >= 15 is 0 Å². The van der Waals surface area contributed by atoms with E-state index in [0.29, 0.717) is 11.6 Å². The summed E-state index contributed by atoms with van der Waals surface area (Å²) in [5, 5.41) is 6.31. The maximum Gasteiger partial charge on any atom is 0.271 e. The smallest absolute Gasteiger partial charge is 0.271 e. The number of carbonyl (C=O) groups excluding carboxylic acids is 1. The first-order chi connectivity index (χ1) is 7.66. The molecular weight excluding hydrogens is 204 g/mol. The summed E-state index contributed by atoms with van der Waals surface area (Å²) in [6.07, 6.45) is 4.47. The third kappa shape index (κ3) is 2.41. The van der Waals surface area contributed by atoms with Gasteiger partial charge in [0.05, 0.1) is 6.33 Å². The molecule has 1 aliphatic heterocycles. The number of nitrogens with one attached hydrogen (secondary N) is 2. The predicted molar refractivity (Wildman–Crippen MR) is 61.1 cm³/mol. The highest BCUT2D eigenvalue weighted by Crippen LogP contribution is 2.11. The minimum atomic E-state index is -0.0823. The van der Waals surface area contributed by atoms with Crippen LogP contribution in [0.25, 0.3) is 0 Å². The van der Waals surface area contributed by atoms with Crippen LogP contribution < -0.4 is 10.6 Å². The van der Waals surface area contributed by atoms with Gasteiger partial charge in [0.25, 0.3) is 5.91 Å². The van der Waals surface area contributed by atoms with Gasteiger partial charge in [0.2, 0.25) is 0 Å². The Kier molecular flexibility index (Phi) is 3.24. The van der Waals surface area contributed by atoms with Crippen molar-refractivity contribution in [2.75, 3.05) is 13.1 Å². The largest absolute Gasteiger partial charge is 0.346 e. The minimum Gasteiger partial charge on any atom is -0.346 e. The Bertz CT molecular complexity index is 374. The van der Waals surface area contributed by atoms with Gasteiger partial charge in [0, 0.05) is 25.8 Å². The van der Waals surface area contributed by atoms with Crippen LogP contribution in [0.2, 0.25) is 0 Å². The van der Waals surface area contributed by atoms with Gasteiger partial charge in [-0.2, -0.15) is 0 Å². The quantitative estimate of drug-likeness (QED) is 0.748. The lowest BCUT2D eigenvalue weighted by Gasteiger charge is -2.29. The number of imidazole rings is 1. The van der Waals surface area contributed by atoms with Crippen LogP contribution in [0.1, 0.15) is 23.8 Å². The van der Waals surface area contributed by atoms with Crippen LogP contribution in [-0.2, 0) is 7.05 Å². The fraction of sp³-hybridized carbons (Fsp3) is 0.636. The lowest BCUT2D eigenvalue weighted by Crippen LogP contribution is -2.50. The monoisotopic (exact) mass is 222 g/mol. The summed E-state index contributed by atoms with van der Waals surface area (Å²) in [5.74, 6) is 0.440. The van der Waals surface area contributed by atoms with Gasteiger partial charge in [-0.05, 0) is 18.9 Å². The summed E-state index contributed by atoms with van der Waals surface area (Å²) >= 11 is 0. The topological polar surface area (TPSA) is 58.9 Å². The molecule has 2 N–H and O–H groups in total. The first-order valence-electron chi connectivity index (χ1n) is 5.66. The maximum atomic E-state index is 11.9. The number of carbonyl (C=O) groups is 1. The van der Waals surface area contributed by atoms with E-state index in [1.165, 1.54) is 0 Å². The standard InChI is InChI=1S/C11H18N4O/c1-8-3-4-12-5-9(8)14-11(16)10-6-15(2)7-13-10/h6-9,12H,3-5H2,1-2H3,(H,14,16). The zero-order valence-electron chi connectivity index (χ0n) is 9.73. The molecule has 1 aromatic heterocycles. The van der Waals surface area contributed by atoms with Gasteiger partial charge in [-0.15, -0.1) is 0 Å². The summed E-state index contributed by atoms with van der Waals surface area (Å²) in [5.41, 5.74) is 0.486. The van der Waals surface area contributed by atoms with Crippen LogP contribution >= 0.6 is 0 Å². The number of amides is 1. The van der Waals surface area contributed by atoms with Gasteiger partial charge in [0.1, 0.15) is 5.69 Å². The van der Waals surface area contributed by atoms with Crippen LogP contribution in [0, 0.1) is 5.92 Å². The van der Waals surface area contributed by atoms with Gasteiger partial charge >= 0.3 is 0 Å². The van der Waals surface area contributed by atoms with Gasteiger partial charge in [0.15, 0.2) is 0 Å². The Morgan fingerprint density at radius 2 is 2.50 bits per heavy atom. The highest BCUT2D eigenvalue weighted by atomic mass is 16.2. The normalized spacial score (nSPS) is 25.4. The van der Waals surface area contributed by atoms with Crippen molar-refractivity contribution >= 4 is 5.91 Å². The average molecular weight is 222 g/mol. The van der Waals surface area contributed by atoms with E-state index in [4.69, 9.17) is 0 Å².